The minimum atomic E-state index is -0.209. The van der Waals surface area contributed by atoms with E-state index in [4.69, 9.17) is 19.4 Å². The minimum absolute atomic E-state index is 0.209. The van der Waals surface area contributed by atoms with Crippen LogP contribution in [0.15, 0.2) is 6.07 Å². The van der Waals surface area contributed by atoms with Crippen molar-refractivity contribution in [1.82, 2.24) is 30.6 Å². The molecule has 0 saturated carbocycles. The van der Waals surface area contributed by atoms with Gasteiger partial charge in [-0.3, -0.25) is 0 Å². The Balaban J connectivity index is 1.57. The Morgan fingerprint density at radius 3 is 2.76 bits per heavy atom. The predicted molar refractivity (Wildman–Crippen MR) is 89.5 cm³/mol. The number of anilines is 2. The summed E-state index contributed by atoms with van der Waals surface area (Å²) < 4.78 is 11.2. The molecule has 1 unspecified atom stereocenters. The number of tetrazole rings is 1. The van der Waals surface area contributed by atoms with Crippen LogP contribution in [0.2, 0.25) is 0 Å². The summed E-state index contributed by atoms with van der Waals surface area (Å²) in [4.78, 5) is 13.9. The number of aromatic nitrogens is 6. The van der Waals surface area contributed by atoms with Crippen molar-refractivity contribution in [3.05, 3.63) is 17.6 Å². The fourth-order valence-corrected chi connectivity index (χ4v) is 3.04. The molecule has 0 spiro atoms. The van der Waals surface area contributed by atoms with Crippen LogP contribution in [0.3, 0.4) is 0 Å². The van der Waals surface area contributed by atoms with Crippen molar-refractivity contribution in [2.24, 2.45) is 0 Å². The molecule has 2 saturated heterocycles. The summed E-state index contributed by atoms with van der Waals surface area (Å²) in [5.74, 6) is 2.27. The van der Waals surface area contributed by atoms with Gasteiger partial charge in [-0.2, -0.15) is 10.2 Å². The molecule has 0 radical (unpaired) electrons. The summed E-state index contributed by atoms with van der Waals surface area (Å²) in [6.45, 7) is 7.19. The largest absolute Gasteiger partial charge is 0.378 e. The SMILES string of the molecule is CCc1cc(N2CCOC(c3nn[nH]n3)C2)nc(N2CCOCC2)n1. The van der Waals surface area contributed by atoms with Crippen LogP contribution >= 0.6 is 0 Å². The maximum absolute atomic E-state index is 5.78. The summed E-state index contributed by atoms with van der Waals surface area (Å²) in [7, 11) is 0. The summed E-state index contributed by atoms with van der Waals surface area (Å²) in [5.41, 5.74) is 1.04. The highest BCUT2D eigenvalue weighted by molar-refractivity contribution is 5.47. The normalized spacial score (nSPS) is 21.6. The van der Waals surface area contributed by atoms with Gasteiger partial charge in [0, 0.05) is 31.4 Å². The van der Waals surface area contributed by atoms with E-state index in [0.29, 0.717) is 32.2 Å². The van der Waals surface area contributed by atoms with Crippen LogP contribution in [-0.4, -0.2) is 76.6 Å². The van der Waals surface area contributed by atoms with Gasteiger partial charge in [0.25, 0.3) is 0 Å². The molecule has 2 aromatic rings. The van der Waals surface area contributed by atoms with Crippen LogP contribution in [-0.2, 0) is 15.9 Å². The highest BCUT2D eigenvalue weighted by atomic mass is 16.5. The quantitative estimate of drug-likeness (QED) is 0.816. The summed E-state index contributed by atoms with van der Waals surface area (Å²) in [5, 5.41) is 14.2. The van der Waals surface area contributed by atoms with E-state index in [2.05, 4.69) is 43.4 Å². The highest BCUT2D eigenvalue weighted by Crippen LogP contribution is 2.25. The average Bonchev–Trinajstić information content (AvgIpc) is 3.23. The van der Waals surface area contributed by atoms with Gasteiger partial charge in [-0.25, -0.2) is 4.98 Å². The van der Waals surface area contributed by atoms with Gasteiger partial charge in [-0.15, -0.1) is 10.2 Å². The molecule has 4 heterocycles. The number of rotatable bonds is 4. The van der Waals surface area contributed by atoms with Gasteiger partial charge in [0.2, 0.25) is 11.8 Å². The van der Waals surface area contributed by atoms with Crippen molar-refractivity contribution in [1.29, 1.82) is 0 Å². The third-order valence-electron chi connectivity index (χ3n) is 4.45. The standard InChI is InChI=1S/C15H22N8O2/c1-2-11-9-13(17-15(16-11)22-3-6-24-7-4-22)23-5-8-25-12(10-23)14-18-20-21-19-14/h9,12H,2-8,10H2,1H3,(H,18,19,20,21). The second-order valence-electron chi connectivity index (χ2n) is 6.05. The van der Waals surface area contributed by atoms with Crippen LogP contribution in [0.1, 0.15) is 24.5 Å². The molecule has 0 amide bonds. The molecule has 1 atom stereocenters. The number of aryl methyl sites for hydroxylation is 1. The predicted octanol–water partition coefficient (Wildman–Crippen LogP) is -0.0334. The van der Waals surface area contributed by atoms with Crippen molar-refractivity contribution < 1.29 is 9.47 Å². The number of morpholine rings is 2. The van der Waals surface area contributed by atoms with Gasteiger partial charge in [0.1, 0.15) is 11.9 Å². The highest BCUT2D eigenvalue weighted by Gasteiger charge is 2.27. The van der Waals surface area contributed by atoms with E-state index < -0.39 is 0 Å². The number of aromatic amines is 1. The van der Waals surface area contributed by atoms with Crippen molar-refractivity contribution in [2.45, 2.75) is 19.4 Å². The lowest BCUT2D eigenvalue weighted by molar-refractivity contribution is 0.0338. The molecule has 10 nitrogen and oxygen atoms in total. The third kappa shape index (κ3) is 3.54. The summed E-state index contributed by atoms with van der Waals surface area (Å²) in [6, 6.07) is 2.06. The van der Waals surface area contributed by atoms with Gasteiger partial charge in [-0.05, 0) is 6.42 Å². The molecular formula is C15H22N8O2. The Kier molecular flexibility index (Phi) is 4.70. The zero-order chi connectivity index (χ0) is 17.1. The molecule has 4 rings (SSSR count). The van der Waals surface area contributed by atoms with Gasteiger partial charge < -0.3 is 19.3 Å². The Morgan fingerprint density at radius 2 is 2.00 bits per heavy atom. The van der Waals surface area contributed by atoms with E-state index >= 15 is 0 Å². The maximum Gasteiger partial charge on any atom is 0.227 e. The fourth-order valence-electron chi connectivity index (χ4n) is 3.04. The summed E-state index contributed by atoms with van der Waals surface area (Å²) >= 11 is 0. The number of nitrogens with zero attached hydrogens (tertiary/aromatic N) is 7. The van der Waals surface area contributed by atoms with Gasteiger partial charge >= 0.3 is 0 Å². The van der Waals surface area contributed by atoms with Crippen LogP contribution < -0.4 is 9.80 Å². The first-order valence-electron chi connectivity index (χ1n) is 8.64. The average molecular weight is 346 g/mol. The van der Waals surface area contributed by atoms with Gasteiger partial charge in [-0.1, -0.05) is 12.1 Å². The van der Waals surface area contributed by atoms with Crippen LogP contribution in [0.5, 0.6) is 0 Å². The van der Waals surface area contributed by atoms with E-state index in [1.54, 1.807) is 0 Å². The zero-order valence-electron chi connectivity index (χ0n) is 14.3. The lowest BCUT2D eigenvalue weighted by Gasteiger charge is -2.33. The topological polar surface area (TPSA) is 105 Å². The van der Waals surface area contributed by atoms with Crippen molar-refractivity contribution in [3.63, 3.8) is 0 Å². The zero-order valence-corrected chi connectivity index (χ0v) is 14.3. The number of hydrogen-bond acceptors (Lipinski definition) is 9. The number of H-pyrrole nitrogens is 1. The molecule has 0 bridgehead atoms. The van der Waals surface area contributed by atoms with E-state index in [0.717, 1.165) is 43.5 Å². The van der Waals surface area contributed by atoms with Crippen LogP contribution in [0, 0.1) is 0 Å². The first-order chi connectivity index (χ1) is 12.3. The van der Waals surface area contributed by atoms with Crippen molar-refractivity contribution in [3.8, 4) is 0 Å². The Morgan fingerprint density at radius 1 is 1.16 bits per heavy atom. The second-order valence-corrected chi connectivity index (χ2v) is 6.05. The lowest BCUT2D eigenvalue weighted by atomic mass is 10.2. The Hall–Kier alpha value is -2.33. The van der Waals surface area contributed by atoms with Gasteiger partial charge in [0.05, 0.1) is 26.4 Å². The molecule has 2 fully saturated rings. The molecule has 2 aliphatic rings. The van der Waals surface area contributed by atoms with E-state index in [-0.39, 0.29) is 6.10 Å². The number of hydrogen-bond donors (Lipinski definition) is 1. The molecule has 25 heavy (non-hydrogen) atoms. The lowest BCUT2D eigenvalue weighted by Crippen LogP contribution is -2.40. The van der Waals surface area contributed by atoms with E-state index in [1.165, 1.54) is 0 Å². The monoisotopic (exact) mass is 346 g/mol. The minimum Gasteiger partial charge on any atom is -0.378 e. The fraction of sp³-hybridized carbons (Fsp3) is 0.667. The first-order valence-corrected chi connectivity index (χ1v) is 8.64. The van der Waals surface area contributed by atoms with Crippen LogP contribution in [0.25, 0.3) is 0 Å². The Labute approximate surface area is 145 Å². The van der Waals surface area contributed by atoms with Crippen molar-refractivity contribution >= 4 is 11.8 Å². The molecule has 1 N–H and O–H groups in total. The Bertz CT molecular complexity index is 689. The molecular weight excluding hydrogens is 324 g/mol. The summed E-state index contributed by atoms with van der Waals surface area (Å²) in [6.07, 6.45) is 0.658. The second kappa shape index (κ2) is 7.28. The number of nitrogens with one attached hydrogen (secondary N) is 1. The van der Waals surface area contributed by atoms with Gasteiger partial charge in [0.15, 0.2) is 0 Å². The smallest absolute Gasteiger partial charge is 0.227 e. The van der Waals surface area contributed by atoms with Crippen LogP contribution in [0.4, 0.5) is 11.8 Å². The van der Waals surface area contributed by atoms with Crippen molar-refractivity contribution in [2.75, 3.05) is 55.8 Å². The molecule has 0 aromatic carbocycles. The van der Waals surface area contributed by atoms with E-state index in [9.17, 15) is 0 Å². The molecule has 10 heteroatoms. The third-order valence-corrected chi connectivity index (χ3v) is 4.45. The molecule has 134 valence electrons. The first kappa shape index (κ1) is 16.2. The molecule has 2 aromatic heterocycles. The molecule has 2 aliphatic heterocycles. The van der Waals surface area contributed by atoms with E-state index in [1.807, 2.05) is 0 Å². The maximum atomic E-state index is 5.78. The molecule has 0 aliphatic carbocycles. The number of ether oxygens (including phenoxy) is 2.